The number of alkyl halides is 1. The zero-order valence-corrected chi connectivity index (χ0v) is 24.3. The predicted molar refractivity (Wildman–Crippen MR) is 148 cm³/mol. The van der Waals surface area contributed by atoms with Gasteiger partial charge < -0.3 is 14.4 Å². The number of hydrogen-bond donors (Lipinski definition) is 0. The molecule has 0 radical (unpaired) electrons. The maximum Gasteiger partial charge on any atom is 0.410 e. The van der Waals surface area contributed by atoms with Gasteiger partial charge in [0.05, 0.1) is 29.9 Å². The summed E-state index contributed by atoms with van der Waals surface area (Å²) < 4.78 is 76.2. The second-order valence-corrected chi connectivity index (χ2v) is 12.9. The van der Waals surface area contributed by atoms with E-state index in [0.29, 0.717) is 13.1 Å². The summed E-state index contributed by atoms with van der Waals surface area (Å²) in [4.78, 5) is 26.7. The van der Waals surface area contributed by atoms with Gasteiger partial charge in [-0.3, -0.25) is 9.80 Å². The number of carbonyl (C=O) groups is 1. The van der Waals surface area contributed by atoms with Crippen LogP contribution in [0.15, 0.2) is 10.5 Å². The van der Waals surface area contributed by atoms with Crippen molar-refractivity contribution in [3.8, 4) is 6.01 Å². The molecule has 1 aromatic heterocycles. The van der Waals surface area contributed by atoms with Crippen molar-refractivity contribution >= 4 is 50.3 Å². The highest BCUT2D eigenvalue weighted by Gasteiger charge is 2.50. The summed E-state index contributed by atoms with van der Waals surface area (Å²) in [5.41, 5.74) is -2.40. The molecular formula is C27H33BrClF2N5O3. The van der Waals surface area contributed by atoms with Gasteiger partial charge in [0.15, 0.2) is 5.82 Å². The van der Waals surface area contributed by atoms with Gasteiger partial charge in [0.25, 0.3) is 0 Å². The normalized spacial score (nSPS) is 32.0. The molecule has 0 saturated carbocycles. The minimum atomic E-state index is -2.61. The average molecular weight is 633 g/mol. The first-order chi connectivity index (χ1) is 19.9. The molecule has 4 aliphatic heterocycles. The van der Waals surface area contributed by atoms with Gasteiger partial charge in [-0.25, -0.2) is 13.6 Å². The van der Waals surface area contributed by atoms with Crippen LogP contribution in [0.2, 0.25) is 5.02 Å². The molecule has 2 bridgehead atoms. The largest absolute Gasteiger partial charge is 0.461 e. The lowest BCUT2D eigenvalue weighted by atomic mass is 9.95. The molecule has 212 valence electrons. The van der Waals surface area contributed by atoms with Gasteiger partial charge in [0.2, 0.25) is 0 Å². The maximum atomic E-state index is 15.6. The number of benzene rings is 1. The fourth-order valence-corrected chi connectivity index (χ4v) is 6.66. The Kier molecular flexibility index (Phi) is 5.72. The van der Waals surface area contributed by atoms with E-state index in [1.54, 1.807) is 4.90 Å². The monoisotopic (exact) mass is 631 g/mol. The molecule has 4 saturated heterocycles. The molecule has 2 unspecified atom stereocenters. The van der Waals surface area contributed by atoms with Crippen LogP contribution in [-0.2, 0) is 4.74 Å². The fraction of sp³-hybridized carbons (Fsp3) is 0.667. The summed E-state index contributed by atoms with van der Waals surface area (Å²) in [7, 11) is 0. The first-order valence-corrected chi connectivity index (χ1v) is 14.3. The summed E-state index contributed by atoms with van der Waals surface area (Å²) in [5.74, 6) is -0.524. The first-order valence-electron chi connectivity index (χ1n) is 15.1. The van der Waals surface area contributed by atoms with Crippen molar-refractivity contribution in [2.45, 2.75) is 82.3 Å². The Morgan fingerprint density at radius 1 is 1.31 bits per heavy atom. The number of aromatic nitrogens is 2. The minimum Gasteiger partial charge on any atom is -0.461 e. The van der Waals surface area contributed by atoms with Gasteiger partial charge >= 0.3 is 12.1 Å². The van der Waals surface area contributed by atoms with Crippen LogP contribution in [0.1, 0.15) is 58.4 Å². The predicted octanol–water partition coefficient (Wildman–Crippen LogP) is 5.73. The van der Waals surface area contributed by atoms with Crippen molar-refractivity contribution < 1.29 is 28.5 Å². The van der Waals surface area contributed by atoms with Gasteiger partial charge in [-0.1, -0.05) is 11.6 Å². The Morgan fingerprint density at radius 3 is 2.72 bits per heavy atom. The van der Waals surface area contributed by atoms with E-state index in [2.05, 4.69) is 25.9 Å². The molecule has 1 aromatic carbocycles. The van der Waals surface area contributed by atoms with Crippen molar-refractivity contribution in [1.82, 2.24) is 19.8 Å². The number of amides is 1. The molecule has 0 spiro atoms. The molecule has 2 aromatic rings. The Labute approximate surface area is 245 Å². The van der Waals surface area contributed by atoms with Crippen LogP contribution in [0.3, 0.4) is 0 Å². The van der Waals surface area contributed by atoms with E-state index < -0.39 is 48.3 Å². The first kappa shape index (κ1) is 22.7. The number of nitrogens with zero attached hydrogens (tertiary/aromatic N) is 5. The molecule has 12 heteroatoms. The van der Waals surface area contributed by atoms with E-state index in [1.165, 1.54) is 11.0 Å². The lowest BCUT2D eigenvalue weighted by molar-refractivity contribution is 0.0122. The Morgan fingerprint density at radius 2 is 2.03 bits per heavy atom. The second kappa shape index (κ2) is 9.83. The summed E-state index contributed by atoms with van der Waals surface area (Å²) in [6, 6.07) is 0.666. The third-order valence-corrected chi connectivity index (χ3v) is 9.10. The quantitative estimate of drug-likeness (QED) is 0.399. The zero-order valence-electron chi connectivity index (χ0n) is 25.9. The van der Waals surface area contributed by atoms with Crippen LogP contribution in [0.25, 0.3) is 10.9 Å². The summed E-state index contributed by atoms with van der Waals surface area (Å²) in [5, 5.41) is 0.377. The third kappa shape index (κ3) is 4.92. The van der Waals surface area contributed by atoms with Crippen LogP contribution in [0.4, 0.5) is 19.4 Å². The molecule has 0 aliphatic carbocycles. The molecule has 39 heavy (non-hydrogen) atoms. The molecule has 1 amide bonds. The molecule has 4 fully saturated rings. The van der Waals surface area contributed by atoms with Crippen LogP contribution in [-0.4, -0.2) is 87.9 Å². The highest BCUT2D eigenvalue weighted by Crippen LogP contribution is 2.42. The number of hydrogen-bond acceptors (Lipinski definition) is 7. The van der Waals surface area contributed by atoms with E-state index in [4.69, 9.17) is 26.6 Å². The maximum absolute atomic E-state index is 15.6. The average Bonchev–Trinajstić information content (AvgIpc) is 3.48. The van der Waals surface area contributed by atoms with Gasteiger partial charge in [-0.15, -0.1) is 0 Å². The van der Waals surface area contributed by atoms with Gasteiger partial charge in [-0.05, 0) is 74.9 Å². The second-order valence-electron chi connectivity index (χ2n) is 11.7. The van der Waals surface area contributed by atoms with Crippen molar-refractivity contribution in [2.75, 3.05) is 37.6 Å². The molecule has 8 nitrogen and oxygen atoms in total. The molecule has 4 aliphatic rings. The van der Waals surface area contributed by atoms with Crippen LogP contribution in [0, 0.1) is 5.82 Å². The SMILES string of the molecule is [2H]C1([2H])CC[C@@]2(C([2H])([2H])Oc3nc(N4CC5CCC(C4)N5C(=O)OC(C)(C)C)c4cc(Cl)c(Br)c(F)c4n3)C[C@@H](F)CN12. The van der Waals surface area contributed by atoms with Gasteiger partial charge in [-0.2, -0.15) is 9.97 Å². The van der Waals surface area contributed by atoms with Gasteiger partial charge in [0.1, 0.15) is 29.7 Å². The Hall–Kier alpha value is -1.98. The number of carbonyl (C=O) groups excluding carboxylic acids is 1. The summed E-state index contributed by atoms with van der Waals surface area (Å²) >= 11 is 9.48. The topological polar surface area (TPSA) is 71.0 Å². The molecule has 5 heterocycles. The van der Waals surface area contributed by atoms with E-state index in [1.807, 2.05) is 25.7 Å². The van der Waals surface area contributed by atoms with Crippen LogP contribution in [0.5, 0.6) is 6.01 Å². The highest BCUT2D eigenvalue weighted by molar-refractivity contribution is 9.10. The molecular weight excluding hydrogens is 596 g/mol. The van der Waals surface area contributed by atoms with E-state index in [9.17, 15) is 9.18 Å². The van der Waals surface area contributed by atoms with E-state index >= 15 is 4.39 Å². The smallest absolute Gasteiger partial charge is 0.410 e. The Bertz CT molecular complexity index is 1470. The molecule has 4 atom stereocenters. The van der Waals surface area contributed by atoms with Gasteiger partial charge in [0, 0.05) is 34.2 Å². The number of halogens is 4. The summed E-state index contributed by atoms with van der Waals surface area (Å²) in [6.45, 7) is 1.35. The Balaban J connectivity index is 1.38. The zero-order chi connectivity index (χ0) is 31.3. The van der Waals surface area contributed by atoms with Crippen molar-refractivity contribution in [1.29, 1.82) is 0 Å². The number of fused-ring (bicyclic) bond motifs is 4. The fourth-order valence-electron chi connectivity index (χ4n) is 6.17. The minimum absolute atomic E-state index is 0.0111. The number of ether oxygens (including phenoxy) is 2. The van der Waals surface area contributed by atoms with Crippen LogP contribution >= 0.6 is 27.5 Å². The van der Waals surface area contributed by atoms with Crippen LogP contribution < -0.4 is 9.64 Å². The van der Waals surface area contributed by atoms with E-state index in [0.717, 1.165) is 12.8 Å². The van der Waals surface area contributed by atoms with E-state index in [-0.39, 0.29) is 64.1 Å². The lowest BCUT2D eigenvalue weighted by Crippen LogP contribution is -2.57. The lowest BCUT2D eigenvalue weighted by Gasteiger charge is -2.42. The number of rotatable bonds is 4. The third-order valence-electron chi connectivity index (χ3n) is 7.80. The van der Waals surface area contributed by atoms with Crippen molar-refractivity contribution in [3.63, 3.8) is 0 Å². The van der Waals surface area contributed by atoms with Crippen molar-refractivity contribution in [3.05, 3.63) is 21.4 Å². The molecule has 0 N–H and O–H groups in total. The highest BCUT2D eigenvalue weighted by atomic mass is 79.9. The molecule has 6 rings (SSSR count). The number of anilines is 1. The van der Waals surface area contributed by atoms with Crippen molar-refractivity contribution in [2.24, 2.45) is 0 Å². The standard InChI is InChI=1S/C27H33BrClF2N5O3/c1-26(2,3)39-25(37)36-16-5-6-17(36)13-34(12-16)23-18-9-19(29)20(28)21(31)22(18)32-24(33-23)38-14-27-7-4-8-35(27)11-15(30)10-27/h9,15-17H,4-8,10-14H2,1-3H3/t15-,16?,17?,27+/m1/s1/i8D2,14D2. The number of piperazine rings is 1. The summed E-state index contributed by atoms with van der Waals surface area (Å²) in [6.07, 6.45) is -0.580.